The predicted octanol–water partition coefficient (Wildman–Crippen LogP) is 1.98. The molecule has 0 aromatic heterocycles. The normalized spacial score (nSPS) is 21.5. The molecule has 3 amide bonds. The number of carbonyl (C=O) groups is 2. The van der Waals surface area contributed by atoms with Crippen LogP contribution in [0.3, 0.4) is 0 Å². The van der Waals surface area contributed by atoms with Gasteiger partial charge in [-0.1, -0.05) is 26.0 Å². The molecule has 1 saturated heterocycles. The molecule has 1 unspecified atom stereocenters. The Bertz CT molecular complexity index is 613. The van der Waals surface area contributed by atoms with Gasteiger partial charge in [0.05, 0.1) is 7.11 Å². The highest BCUT2D eigenvalue weighted by atomic mass is 16.5. The molecule has 2 rings (SSSR count). The van der Waals surface area contributed by atoms with E-state index in [2.05, 4.69) is 5.32 Å². The Morgan fingerprint density at radius 2 is 1.96 bits per heavy atom. The van der Waals surface area contributed by atoms with Gasteiger partial charge in [-0.15, -0.1) is 0 Å². The van der Waals surface area contributed by atoms with Gasteiger partial charge in [0, 0.05) is 12.1 Å². The molecule has 1 heterocycles. The molecule has 0 spiro atoms. The summed E-state index contributed by atoms with van der Waals surface area (Å²) in [6.07, 6.45) is 1.38. The summed E-state index contributed by atoms with van der Waals surface area (Å²) in [7, 11) is 1.56. The van der Waals surface area contributed by atoms with E-state index in [4.69, 9.17) is 10.5 Å². The number of ether oxygens (including phenoxy) is 1. The van der Waals surface area contributed by atoms with E-state index in [1.54, 1.807) is 38.3 Å². The van der Waals surface area contributed by atoms with Gasteiger partial charge < -0.3 is 15.8 Å². The van der Waals surface area contributed by atoms with Crippen LogP contribution in [0.2, 0.25) is 0 Å². The van der Waals surface area contributed by atoms with Crippen molar-refractivity contribution in [3.8, 4) is 5.75 Å². The summed E-state index contributed by atoms with van der Waals surface area (Å²) in [5, 5.41) is 2.79. The van der Waals surface area contributed by atoms with Crippen LogP contribution < -0.4 is 15.8 Å². The predicted molar refractivity (Wildman–Crippen MR) is 88.1 cm³/mol. The number of nitrogens with two attached hydrogens (primary N) is 1. The highest BCUT2D eigenvalue weighted by molar-refractivity contribution is 6.07. The number of nitrogens with one attached hydrogen (secondary N) is 1. The maximum absolute atomic E-state index is 12.9. The second kappa shape index (κ2) is 6.20. The number of nitrogens with zero attached hydrogens (tertiary/aromatic N) is 1. The number of rotatable bonds is 6. The maximum Gasteiger partial charge on any atom is 0.325 e. The summed E-state index contributed by atoms with van der Waals surface area (Å²) in [6, 6.07) is 6.76. The number of carbonyl (C=O) groups excluding carboxylic acids is 2. The SMILES string of the molecule is CCC(N)(CC)CN1C(=O)NC(C)(c2cccc(OC)c2)C1=O. The lowest BCUT2D eigenvalue weighted by Crippen LogP contribution is -2.51. The second-order valence-electron chi connectivity index (χ2n) is 6.25. The van der Waals surface area contributed by atoms with Crippen LogP contribution in [0.5, 0.6) is 5.75 Å². The number of hydrogen-bond donors (Lipinski definition) is 2. The Morgan fingerprint density at radius 1 is 1.30 bits per heavy atom. The molecular weight excluding hydrogens is 294 g/mol. The lowest BCUT2D eigenvalue weighted by Gasteiger charge is -2.31. The minimum Gasteiger partial charge on any atom is -0.497 e. The third-order valence-corrected chi connectivity index (χ3v) is 4.80. The van der Waals surface area contributed by atoms with Crippen LogP contribution >= 0.6 is 0 Å². The van der Waals surface area contributed by atoms with Crippen LogP contribution in [0.4, 0.5) is 4.79 Å². The molecular formula is C17H25N3O3. The monoisotopic (exact) mass is 319 g/mol. The van der Waals surface area contributed by atoms with Crippen molar-refractivity contribution in [3.05, 3.63) is 29.8 Å². The summed E-state index contributed by atoms with van der Waals surface area (Å²) in [6.45, 7) is 5.84. The van der Waals surface area contributed by atoms with Crippen LogP contribution in [0, 0.1) is 0 Å². The molecule has 0 saturated carbocycles. The Morgan fingerprint density at radius 3 is 2.52 bits per heavy atom. The summed E-state index contributed by atoms with van der Waals surface area (Å²) >= 11 is 0. The van der Waals surface area contributed by atoms with Crippen LogP contribution in [0.15, 0.2) is 24.3 Å². The first-order chi connectivity index (χ1) is 10.8. The molecule has 3 N–H and O–H groups in total. The van der Waals surface area contributed by atoms with E-state index in [0.29, 0.717) is 24.2 Å². The third kappa shape index (κ3) is 3.03. The van der Waals surface area contributed by atoms with Gasteiger partial charge in [-0.2, -0.15) is 0 Å². The van der Waals surface area contributed by atoms with Crippen molar-refractivity contribution in [1.82, 2.24) is 10.2 Å². The third-order valence-electron chi connectivity index (χ3n) is 4.80. The van der Waals surface area contributed by atoms with Crippen molar-refractivity contribution in [2.45, 2.75) is 44.7 Å². The molecule has 23 heavy (non-hydrogen) atoms. The average molecular weight is 319 g/mol. The molecule has 1 aliphatic heterocycles. The number of methoxy groups -OCH3 is 1. The highest BCUT2D eigenvalue weighted by Gasteiger charge is 2.50. The number of urea groups is 1. The summed E-state index contributed by atoms with van der Waals surface area (Å²) in [5.41, 5.74) is 5.30. The molecule has 0 bridgehead atoms. The fourth-order valence-corrected chi connectivity index (χ4v) is 2.76. The number of hydrogen-bond acceptors (Lipinski definition) is 4. The standard InChI is InChI=1S/C17H25N3O3/c1-5-17(18,6-2)11-20-14(21)16(3,19-15(20)22)12-8-7-9-13(10-12)23-4/h7-10H,5-6,11,18H2,1-4H3,(H,19,22). The van der Waals surface area contributed by atoms with E-state index in [9.17, 15) is 9.59 Å². The lowest BCUT2D eigenvalue weighted by atomic mass is 9.90. The van der Waals surface area contributed by atoms with Crippen LogP contribution in [0.1, 0.15) is 39.2 Å². The van der Waals surface area contributed by atoms with Gasteiger partial charge in [-0.3, -0.25) is 9.69 Å². The zero-order chi connectivity index (χ0) is 17.3. The minimum atomic E-state index is -1.10. The minimum absolute atomic E-state index is 0.213. The number of benzene rings is 1. The van der Waals surface area contributed by atoms with E-state index in [1.807, 2.05) is 13.8 Å². The van der Waals surface area contributed by atoms with Gasteiger partial charge in [-0.25, -0.2) is 4.79 Å². The zero-order valence-corrected chi connectivity index (χ0v) is 14.2. The first-order valence-electron chi connectivity index (χ1n) is 7.87. The van der Waals surface area contributed by atoms with E-state index >= 15 is 0 Å². The second-order valence-corrected chi connectivity index (χ2v) is 6.25. The first kappa shape index (κ1) is 17.3. The Hall–Kier alpha value is -2.08. The van der Waals surface area contributed by atoms with Gasteiger partial charge in [0.1, 0.15) is 11.3 Å². The van der Waals surface area contributed by atoms with Gasteiger partial charge in [0.15, 0.2) is 0 Å². The number of imide groups is 1. The smallest absolute Gasteiger partial charge is 0.325 e. The Kier molecular flexibility index (Phi) is 4.66. The van der Waals surface area contributed by atoms with E-state index in [0.717, 1.165) is 0 Å². The summed E-state index contributed by atoms with van der Waals surface area (Å²) in [4.78, 5) is 26.5. The fourth-order valence-electron chi connectivity index (χ4n) is 2.76. The zero-order valence-electron chi connectivity index (χ0n) is 14.2. The van der Waals surface area contributed by atoms with E-state index in [-0.39, 0.29) is 12.5 Å². The Balaban J connectivity index is 2.32. The van der Waals surface area contributed by atoms with E-state index in [1.165, 1.54) is 4.90 Å². The molecule has 1 aromatic carbocycles. The van der Waals surface area contributed by atoms with Gasteiger partial charge >= 0.3 is 6.03 Å². The van der Waals surface area contributed by atoms with Crippen LogP contribution in [0.25, 0.3) is 0 Å². The summed E-state index contributed by atoms with van der Waals surface area (Å²) < 4.78 is 5.21. The van der Waals surface area contributed by atoms with Gasteiger partial charge in [-0.05, 0) is 37.5 Å². The van der Waals surface area contributed by atoms with E-state index < -0.39 is 17.1 Å². The van der Waals surface area contributed by atoms with Crippen molar-refractivity contribution >= 4 is 11.9 Å². The van der Waals surface area contributed by atoms with Crippen LogP contribution in [-0.2, 0) is 10.3 Å². The molecule has 6 heteroatoms. The van der Waals surface area contributed by atoms with Crippen molar-refractivity contribution in [2.24, 2.45) is 5.73 Å². The molecule has 1 atom stereocenters. The molecule has 0 radical (unpaired) electrons. The molecule has 1 fully saturated rings. The van der Waals surface area contributed by atoms with Gasteiger partial charge in [0.25, 0.3) is 5.91 Å². The fraction of sp³-hybridized carbons (Fsp3) is 0.529. The number of amides is 3. The molecule has 126 valence electrons. The van der Waals surface area contributed by atoms with Gasteiger partial charge in [0.2, 0.25) is 0 Å². The largest absolute Gasteiger partial charge is 0.497 e. The first-order valence-corrected chi connectivity index (χ1v) is 7.87. The lowest BCUT2D eigenvalue weighted by molar-refractivity contribution is -0.131. The quantitative estimate of drug-likeness (QED) is 0.785. The summed E-state index contributed by atoms with van der Waals surface area (Å²) in [5.74, 6) is 0.354. The molecule has 1 aliphatic rings. The van der Waals surface area contributed by atoms with Crippen molar-refractivity contribution in [2.75, 3.05) is 13.7 Å². The van der Waals surface area contributed by atoms with Crippen molar-refractivity contribution in [1.29, 1.82) is 0 Å². The maximum atomic E-state index is 12.9. The Labute approximate surface area is 137 Å². The topological polar surface area (TPSA) is 84.7 Å². The molecule has 1 aromatic rings. The molecule has 6 nitrogen and oxygen atoms in total. The average Bonchev–Trinajstić information content (AvgIpc) is 2.79. The van der Waals surface area contributed by atoms with Crippen LogP contribution in [-0.4, -0.2) is 36.0 Å². The molecule has 0 aliphatic carbocycles. The van der Waals surface area contributed by atoms with Crippen molar-refractivity contribution < 1.29 is 14.3 Å². The highest BCUT2D eigenvalue weighted by Crippen LogP contribution is 2.31. The van der Waals surface area contributed by atoms with Crippen molar-refractivity contribution in [3.63, 3.8) is 0 Å².